The predicted octanol–water partition coefficient (Wildman–Crippen LogP) is 11.2. The number of aliphatic hydroxyl groups is 3. The summed E-state index contributed by atoms with van der Waals surface area (Å²) < 4.78 is 18.5. The van der Waals surface area contributed by atoms with Crippen molar-refractivity contribution in [3.8, 4) is 0 Å². The summed E-state index contributed by atoms with van der Waals surface area (Å²) in [6.45, 7) is 14.3. The summed E-state index contributed by atoms with van der Waals surface area (Å²) >= 11 is 0. The van der Waals surface area contributed by atoms with Gasteiger partial charge in [0, 0.05) is 6.42 Å². The molecule has 4 aliphatic carbocycles. The number of rotatable bonds is 23. The Bertz CT molecular complexity index is 1200. The van der Waals surface area contributed by atoms with Crippen molar-refractivity contribution in [1.29, 1.82) is 0 Å². The van der Waals surface area contributed by atoms with Crippen molar-refractivity contribution in [3.63, 3.8) is 0 Å². The van der Waals surface area contributed by atoms with Crippen LogP contribution in [0.15, 0.2) is 11.6 Å². The van der Waals surface area contributed by atoms with E-state index in [-0.39, 0.29) is 17.9 Å². The highest BCUT2D eigenvalue weighted by Crippen LogP contribution is 2.67. The third-order valence-corrected chi connectivity index (χ3v) is 16.2. The van der Waals surface area contributed by atoms with E-state index in [2.05, 4.69) is 47.6 Å². The molecule has 2 unspecified atom stereocenters. The SMILES string of the molecule is CCCCCCCCCCCCCCCC(=O)O[C@H]1C(OC2CC[C@@]3(C)C(=CC[C@H]4[C@@H]5CC[C@H]([C@H](C)CCCC(C)C)[C@@]5(C)CC[C@@H]43)C2)O[C@H](CO)[C@H](O)[C@@H]1O. The van der Waals surface area contributed by atoms with Crippen LogP contribution in [0.4, 0.5) is 0 Å². The molecule has 7 heteroatoms. The Balaban J connectivity index is 1.10. The quantitative estimate of drug-likeness (QED) is 0.0538. The van der Waals surface area contributed by atoms with Crippen LogP contribution in [0, 0.1) is 46.3 Å². The molecule has 0 aromatic carbocycles. The standard InChI is InChI=1S/C49H86O7/c1-7-8-9-10-11-12-13-14-15-16-17-18-19-23-43(51)56-46-45(53)44(52)42(33-50)55-47(46)54-37-28-30-48(5)36(32-37)24-25-38-40-27-26-39(35(4)22-20-21-34(2)3)49(40,6)31-29-41(38)48/h24,34-35,37-42,44-47,50,52-53H,7-23,25-33H2,1-6H3/t35-,37?,38+,39-,40+,41+,42-,44+,45+,46-,47?,48+,49-/m1/s1. The fourth-order valence-corrected chi connectivity index (χ4v) is 12.7. The fraction of sp³-hybridized carbons (Fsp3) is 0.939. The van der Waals surface area contributed by atoms with Crippen molar-refractivity contribution < 1.29 is 34.3 Å². The summed E-state index contributed by atoms with van der Waals surface area (Å²) in [6.07, 6.45) is 26.2. The first kappa shape index (κ1) is 46.1. The molecule has 324 valence electrons. The highest BCUT2D eigenvalue weighted by atomic mass is 16.7. The second-order valence-electron chi connectivity index (χ2n) is 20.4. The lowest BCUT2D eigenvalue weighted by molar-refractivity contribution is -0.315. The van der Waals surface area contributed by atoms with E-state index in [9.17, 15) is 20.1 Å². The van der Waals surface area contributed by atoms with E-state index in [0.29, 0.717) is 11.3 Å². The van der Waals surface area contributed by atoms with Gasteiger partial charge in [0.2, 0.25) is 0 Å². The predicted molar refractivity (Wildman–Crippen MR) is 226 cm³/mol. The van der Waals surface area contributed by atoms with Gasteiger partial charge in [-0.25, -0.2) is 0 Å². The molecule has 56 heavy (non-hydrogen) atoms. The van der Waals surface area contributed by atoms with Gasteiger partial charge < -0.3 is 29.5 Å². The van der Waals surface area contributed by atoms with E-state index >= 15 is 0 Å². The molecule has 0 aromatic rings. The molecule has 13 atom stereocenters. The van der Waals surface area contributed by atoms with Crippen LogP contribution < -0.4 is 0 Å². The minimum absolute atomic E-state index is 0.142. The molecule has 3 saturated carbocycles. The van der Waals surface area contributed by atoms with Crippen LogP contribution in [-0.2, 0) is 19.0 Å². The van der Waals surface area contributed by atoms with Crippen molar-refractivity contribution in [2.24, 2.45) is 46.3 Å². The molecule has 4 fully saturated rings. The average molecular weight is 787 g/mol. The number of carbonyl (C=O) groups excluding carboxylic acids is 1. The van der Waals surface area contributed by atoms with Gasteiger partial charge in [-0.3, -0.25) is 4.79 Å². The molecule has 0 radical (unpaired) electrons. The molecule has 1 aliphatic heterocycles. The molecule has 0 aromatic heterocycles. The second kappa shape index (κ2) is 22.0. The molecule has 0 amide bonds. The number of carbonyl (C=O) groups is 1. The Morgan fingerprint density at radius 1 is 0.821 bits per heavy atom. The summed E-state index contributed by atoms with van der Waals surface area (Å²) in [5.41, 5.74) is 2.13. The molecular weight excluding hydrogens is 701 g/mol. The van der Waals surface area contributed by atoms with Crippen molar-refractivity contribution >= 4 is 5.97 Å². The minimum atomic E-state index is -1.39. The van der Waals surface area contributed by atoms with Gasteiger partial charge in [0.25, 0.3) is 0 Å². The Morgan fingerprint density at radius 2 is 1.48 bits per heavy atom. The second-order valence-corrected chi connectivity index (χ2v) is 20.4. The molecule has 5 aliphatic rings. The molecule has 0 bridgehead atoms. The Labute approximate surface area is 342 Å². The smallest absolute Gasteiger partial charge is 0.306 e. The van der Waals surface area contributed by atoms with Gasteiger partial charge in [-0.15, -0.1) is 0 Å². The largest absolute Gasteiger partial charge is 0.454 e. The topological polar surface area (TPSA) is 105 Å². The molecule has 3 N–H and O–H groups in total. The maximum Gasteiger partial charge on any atom is 0.306 e. The van der Waals surface area contributed by atoms with E-state index in [1.165, 1.54) is 115 Å². The number of unbranched alkanes of at least 4 members (excludes halogenated alkanes) is 12. The molecule has 5 rings (SSSR count). The number of fused-ring (bicyclic) bond motifs is 5. The van der Waals surface area contributed by atoms with Crippen molar-refractivity contribution in [1.82, 2.24) is 0 Å². The zero-order valence-corrected chi connectivity index (χ0v) is 36.9. The summed E-state index contributed by atoms with van der Waals surface area (Å²) in [6, 6.07) is 0. The summed E-state index contributed by atoms with van der Waals surface area (Å²) in [5, 5.41) is 31.8. The monoisotopic (exact) mass is 787 g/mol. The van der Waals surface area contributed by atoms with Gasteiger partial charge in [0.1, 0.15) is 18.3 Å². The van der Waals surface area contributed by atoms with Crippen LogP contribution in [0.5, 0.6) is 0 Å². The lowest BCUT2D eigenvalue weighted by atomic mass is 9.47. The maximum atomic E-state index is 13.1. The highest BCUT2D eigenvalue weighted by Gasteiger charge is 2.59. The van der Waals surface area contributed by atoms with E-state index in [0.717, 1.165) is 74.5 Å². The summed E-state index contributed by atoms with van der Waals surface area (Å²) in [5.74, 6) is 4.34. The van der Waals surface area contributed by atoms with E-state index in [1.807, 2.05) is 0 Å². The number of ether oxygens (including phenoxy) is 3. The van der Waals surface area contributed by atoms with Gasteiger partial charge in [0.15, 0.2) is 12.4 Å². The van der Waals surface area contributed by atoms with Crippen molar-refractivity contribution in [2.45, 2.75) is 239 Å². The Morgan fingerprint density at radius 3 is 2.12 bits per heavy atom. The molecule has 7 nitrogen and oxygen atoms in total. The van der Waals surface area contributed by atoms with Crippen molar-refractivity contribution in [2.75, 3.05) is 6.61 Å². The first-order chi connectivity index (χ1) is 26.9. The molecule has 0 spiro atoms. The number of esters is 1. The third kappa shape index (κ3) is 11.4. The zero-order chi connectivity index (χ0) is 40.3. The van der Waals surface area contributed by atoms with Gasteiger partial charge in [-0.1, -0.05) is 150 Å². The van der Waals surface area contributed by atoms with E-state index in [1.54, 1.807) is 0 Å². The Kier molecular flexibility index (Phi) is 18.1. The fourth-order valence-electron chi connectivity index (χ4n) is 12.7. The lowest BCUT2D eigenvalue weighted by Gasteiger charge is -2.58. The average Bonchev–Trinajstić information content (AvgIpc) is 3.53. The van der Waals surface area contributed by atoms with Gasteiger partial charge in [0.05, 0.1) is 12.7 Å². The van der Waals surface area contributed by atoms with Crippen LogP contribution >= 0.6 is 0 Å². The molecule has 1 heterocycles. The van der Waals surface area contributed by atoms with Crippen LogP contribution in [0.25, 0.3) is 0 Å². The van der Waals surface area contributed by atoms with Crippen LogP contribution in [0.1, 0.15) is 202 Å². The number of hydrogen-bond donors (Lipinski definition) is 3. The number of allylic oxidation sites excluding steroid dienone is 1. The number of aliphatic hydroxyl groups excluding tert-OH is 3. The molecule has 1 saturated heterocycles. The highest BCUT2D eigenvalue weighted by molar-refractivity contribution is 5.69. The molecular formula is C49H86O7. The van der Waals surface area contributed by atoms with Crippen LogP contribution in [0.3, 0.4) is 0 Å². The van der Waals surface area contributed by atoms with E-state index in [4.69, 9.17) is 14.2 Å². The summed E-state index contributed by atoms with van der Waals surface area (Å²) in [4.78, 5) is 13.1. The number of hydrogen-bond acceptors (Lipinski definition) is 7. The lowest BCUT2D eigenvalue weighted by Crippen LogP contribution is -2.61. The summed E-state index contributed by atoms with van der Waals surface area (Å²) in [7, 11) is 0. The van der Waals surface area contributed by atoms with Crippen LogP contribution in [-0.4, -0.2) is 64.7 Å². The maximum absolute atomic E-state index is 13.1. The first-order valence-corrected chi connectivity index (χ1v) is 24.1. The van der Waals surface area contributed by atoms with E-state index < -0.39 is 43.3 Å². The Hall–Kier alpha value is -0.990. The minimum Gasteiger partial charge on any atom is -0.454 e. The zero-order valence-electron chi connectivity index (χ0n) is 36.9. The van der Waals surface area contributed by atoms with Gasteiger partial charge in [-0.05, 0) is 104 Å². The third-order valence-electron chi connectivity index (χ3n) is 16.2. The normalized spacial score (nSPS) is 37.4. The van der Waals surface area contributed by atoms with Gasteiger partial charge in [-0.2, -0.15) is 0 Å². The van der Waals surface area contributed by atoms with Crippen LogP contribution in [0.2, 0.25) is 0 Å². The van der Waals surface area contributed by atoms with Crippen molar-refractivity contribution in [3.05, 3.63) is 11.6 Å². The first-order valence-electron chi connectivity index (χ1n) is 24.1. The van der Waals surface area contributed by atoms with Gasteiger partial charge >= 0.3 is 5.97 Å².